The van der Waals surface area contributed by atoms with Gasteiger partial charge in [0.25, 0.3) is 0 Å². The van der Waals surface area contributed by atoms with Crippen molar-refractivity contribution in [2.45, 2.75) is 13.8 Å². The molecule has 3 nitrogen and oxygen atoms in total. The van der Waals surface area contributed by atoms with E-state index >= 15 is 0 Å². The molecule has 16 heavy (non-hydrogen) atoms. The molecule has 0 radical (unpaired) electrons. The zero-order valence-electron chi connectivity index (χ0n) is 9.68. The highest BCUT2D eigenvalue weighted by Crippen LogP contribution is 2.16. The Morgan fingerprint density at radius 1 is 1.31 bits per heavy atom. The number of aromatic hydroxyl groups is 1. The van der Waals surface area contributed by atoms with Gasteiger partial charge >= 0.3 is 0 Å². The van der Waals surface area contributed by atoms with Gasteiger partial charge < -0.3 is 10.0 Å². The second kappa shape index (κ2) is 5.95. The van der Waals surface area contributed by atoms with Gasteiger partial charge in [0.05, 0.1) is 0 Å². The summed E-state index contributed by atoms with van der Waals surface area (Å²) in [7, 11) is 0. The Hall–Kier alpha value is -1.77. The minimum atomic E-state index is -0.0340. The van der Waals surface area contributed by atoms with Crippen molar-refractivity contribution < 1.29 is 9.90 Å². The molecule has 1 amide bonds. The van der Waals surface area contributed by atoms with Crippen LogP contribution < -0.4 is 0 Å². The highest BCUT2D eigenvalue weighted by molar-refractivity contribution is 5.92. The van der Waals surface area contributed by atoms with E-state index in [4.69, 9.17) is 0 Å². The number of likely N-dealkylation sites (N-methyl/N-ethyl adjacent to an activating group) is 1. The van der Waals surface area contributed by atoms with Crippen molar-refractivity contribution in [3.63, 3.8) is 0 Å². The summed E-state index contributed by atoms with van der Waals surface area (Å²) in [5.41, 5.74) is 0.656. The molecule has 1 rings (SSSR count). The third-order valence-electron chi connectivity index (χ3n) is 2.42. The maximum atomic E-state index is 11.6. The molecule has 3 heteroatoms. The van der Waals surface area contributed by atoms with E-state index in [1.165, 1.54) is 6.08 Å². The summed E-state index contributed by atoms with van der Waals surface area (Å²) in [5.74, 6) is 0.152. The second-order valence-electron chi connectivity index (χ2n) is 3.40. The Balaban J connectivity index is 2.74. The van der Waals surface area contributed by atoms with E-state index in [9.17, 15) is 9.90 Å². The number of hydrogen-bond donors (Lipinski definition) is 1. The van der Waals surface area contributed by atoms with E-state index in [0.717, 1.165) is 0 Å². The Labute approximate surface area is 96.0 Å². The molecule has 0 fully saturated rings. The Kier molecular flexibility index (Phi) is 4.58. The van der Waals surface area contributed by atoms with Gasteiger partial charge in [-0.05, 0) is 26.0 Å². The van der Waals surface area contributed by atoms with Crippen LogP contribution in [0.2, 0.25) is 0 Å². The molecule has 0 atom stereocenters. The van der Waals surface area contributed by atoms with Gasteiger partial charge in [0.2, 0.25) is 5.91 Å². The molecule has 0 heterocycles. The van der Waals surface area contributed by atoms with Crippen LogP contribution >= 0.6 is 0 Å². The second-order valence-corrected chi connectivity index (χ2v) is 3.40. The van der Waals surface area contributed by atoms with E-state index in [1.807, 2.05) is 19.9 Å². The molecule has 0 saturated carbocycles. The minimum Gasteiger partial charge on any atom is -0.507 e. The van der Waals surface area contributed by atoms with E-state index in [-0.39, 0.29) is 11.7 Å². The van der Waals surface area contributed by atoms with Gasteiger partial charge in [-0.1, -0.05) is 18.2 Å². The quantitative estimate of drug-likeness (QED) is 0.789. The first kappa shape index (κ1) is 12.3. The zero-order valence-corrected chi connectivity index (χ0v) is 9.68. The zero-order chi connectivity index (χ0) is 12.0. The smallest absolute Gasteiger partial charge is 0.246 e. The normalized spacial score (nSPS) is 10.6. The predicted molar refractivity (Wildman–Crippen MR) is 65.1 cm³/mol. The number of amides is 1. The van der Waals surface area contributed by atoms with Crippen molar-refractivity contribution in [1.82, 2.24) is 4.90 Å². The van der Waals surface area contributed by atoms with Crippen LogP contribution in [0.15, 0.2) is 30.3 Å². The number of benzene rings is 1. The van der Waals surface area contributed by atoms with Gasteiger partial charge in [-0.25, -0.2) is 0 Å². The van der Waals surface area contributed by atoms with Gasteiger partial charge in [-0.3, -0.25) is 4.79 Å². The third kappa shape index (κ3) is 3.12. The SMILES string of the molecule is CCN(CC)C(=O)/C=C/c1ccccc1O. The average molecular weight is 219 g/mol. The highest BCUT2D eigenvalue weighted by Gasteiger charge is 2.04. The van der Waals surface area contributed by atoms with Gasteiger partial charge in [-0.15, -0.1) is 0 Å². The van der Waals surface area contributed by atoms with Crippen LogP contribution in [0.4, 0.5) is 0 Å². The molecule has 1 aromatic rings. The number of hydrogen-bond acceptors (Lipinski definition) is 2. The van der Waals surface area contributed by atoms with Crippen molar-refractivity contribution >= 4 is 12.0 Å². The summed E-state index contributed by atoms with van der Waals surface area (Å²) in [6.45, 7) is 5.27. The first-order chi connectivity index (χ1) is 7.69. The molecular weight excluding hydrogens is 202 g/mol. The van der Waals surface area contributed by atoms with Crippen molar-refractivity contribution in [1.29, 1.82) is 0 Å². The maximum Gasteiger partial charge on any atom is 0.246 e. The van der Waals surface area contributed by atoms with Gasteiger partial charge in [-0.2, -0.15) is 0 Å². The molecule has 1 N–H and O–H groups in total. The Bertz CT molecular complexity index is 381. The molecule has 0 saturated heterocycles. The molecule has 0 aliphatic carbocycles. The van der Waals surface area contributed by atoms with Gasteiger partial charge in [0, 0.05) is 24.7 Å². The van der Waals surface area contributed by atoms with Gasteiger partial charge in [0.15, 0.2) is 0 Å². The number of carbonyl (C=O) groups excluding carboxylic acids is 1. The number of phenols is 1. The minimum absolute atomic E-state index is 0.0340. The number of nitrogens with zero attached hydrogens (tertiary/aromatic N) is 1. The summed E-state index contributed by atoms with van der Waals surface area (Å²) < 4.78 is 0. The van der Waals surface area contributed by atoms with Crippen molar-refractivity contribution in [2.24, 2.45) is 0 Å². The molecule has 0 spiro atoms. The summed E-state index contributed by atoms with van der Waals surface area (Å²) in [6, 6.07) is 6.93. The summed E-state index contributed by atoms with van der Waals surface area (Å²) in [5, 5.41) is 9.50. The number of rotatable bonds is 4. The summed E-state index contributed by atoms with van der Waals surface area (Å²) >= 11 is 0. The largest absolute Gasteiger partial charge is 0.507 e. The number of phenolic OH excluding ortho intramolecular Hbond substituents is 1. The molecular formula is C13H17NO2. The average Bonchev–Trinajstić information content (AvgIpc) is 2.29. The van der Waals surface area contributed by atoms with Crippen LogP contribution in [-0.4, -0.2) is 29.0 Å². The van der Waals surface area contributed by atoms with Crippen molar-refractivity contribution in [3.05, 3.63) is 35.9 Å². The number of carbonyl (C=O) groups is 1. The van der Waals surface area contributed by atoms with Crippen molar-refractivity contribution in [3.8, 4) is 5.75 Å². The fraction of sp³-hybridized carbons (Fsp3) is 0.308. The summed E-state index contributed by atoms with van der Waals surface area (Å²) in [6.07, 6.45) is 3.12. The Morgan fingerprint density at radius 3 is 2.50 bits per heavy atom. The molecule has 0 unspecified atom stereocenters. The molecule has 0 aliphatic rings. The molecule has 0 aromatic heterocycles. The van der Waals surface area contributed by atoms with Crippen LogP contribution in [0, 0.1) is 0 Å². The first-order valence-corrected chi connectivity index (χ1v) is 5.44. The van der Waals surface area contributed by atoms with Crippen LogP contribution in [0.3, 0.4) is 0 Å². The molecule has 0 aliphatic heterocycles. The summed E-state index contributed by atoms with van der Waals surface area (Å²) in [4.78, 5) is 13.4. The predicted octanol–water partition coefficient (Wildman–Crippen LogP) is 2.27. The standard InChI is InChI=1S/C13H17NO2/c1-3-14(4-2)13(16)10-9-11-7-5-6-8-12(11)15/h5-10,15H,3-4H2,1-2H3/b10-9+. The number of para-hydroxylation sites is 1. The van der Waals surface area contributed by atoms with E-state index < -0.39 is 0 Å². The lowest BCUT2D eigenvalue weighted by atomic mass is 10.2. The van der Waals surface area contributed by atoms with E-state index in [0.29, 0.717) is 18.7 Å². The van der Waals surface area contributed by atoms with Gasteiger partial charge in [0.1, 0.15) is 5.75 Å². The van der Waals surface area contributed by atoms with Crippen LogP contribution in [0.25, 0.3) is 6.08 Å². The van der Waals surface area contributed by atoms with Crippen LogP contribution in [0.5, 0.6) is 5.75 Å². The van der Waals surface area contributed by atoms with E-state index in [1.54, 1.807) is 29.2 Å². The van der Waals surface area contributed by atoms with Crippen LogP contribution in [-0.2, 0) is 4.79 Å². The highest BCUT2D eigenvalue weighted by atomic mass is 16.3. The third-order valence-corrected chi connectivity index (χ3v) is 2.42. The Morgan fingerprint density at radius 2 is 1.94 bits per heavy atom. The van der Waals surface area contributed by atoms with E-state index in [2.05, 4.69) is 0 Å². The monoisotopic (exact) mass is 219 g/mol. The first-order valence-electron chi connectivity index (χ1n) is 5.44. The van der Waals surface area contributed by atoms with Crippen molar-refractivity contribution in [2.75, 3.05) is 13.1 Å². The molecule has 0 bridgehead atoms. The topological polar surface area (TPSA) is 40.5 Å². The fourth-order valence-corrected chi connectivity index (χ4v) is 1.43. The maximum absolute atomic E-state index is 11.6. The molecule has 1 aromatic carbocycles. The lowest BCUT2D eigenvalue weighted by Crippen LogP contribution is -2.28. The fourth-order valence-electron chi connectivity index (χ4n) is 1.43. The lowest BCUT2D eigenvalue weighted by molar-refractivity contribution is -0.125. The molecule has 86 valence electrons. The van der Waals surface area contributed by atoms with Crippen LogP contribution in [0.1, 0.15) is 19.4 Å². The lowest BCUT2D eigenvalue weighted by Gasteiger charge is -2.15.